The quantitative estimate of drug-likeness (QED) is 0.513. The van der Waals surface area contributed by atoms with Gasteiger partial charge in [0, 0.05) is 32.6 Å². The van der Waals surface area contributed by atoms with Crippen LogP contribution in [-0.2, 0) is 37.3 Å². The number of hydrogen-bond donors (Lipinski definition) is 2. The van der Waals surface area contributed by atoms with Gasteiger partial charge in [0.1, 0.15) is 24.0 Å². The van der Waals surface area contributed by atoms with Crippen molar-refractivity contribution >= 4 is 5.91 Å². The molecule has 2 aromatic carbocycles. The van der Waals surface area contributed by atoms with Crippen molar-refractivity contribution < 1.29 is 19.0 Å². The van der Waals surface area contributed by atoms with E-state index in [0.29, 0.717) is 5.56 Å². The summed E-state index contributed by atoms with van der Waals surface area (Å²) in [6.45, 7) is 3.76. The number of hydrogen-bond acceptors (Lipinski definition) is 6. The number of carbonyl (C=O) groups is 1. The molecule has 1 aliphatic heterocycles. The van der Waals surface area contributed by atoms with E-state index < -0.39 is 0 Å². The summed E-state index contributed by atoms with van der Waals surface area (Å²) in [7, 11) is 0. The molecule has 4 rings (SSSR count). The summed E-state index contributed by atoms with van der Waals surface area (Å²) in [6.07, 6.45) is 0.887. The van der Waals surface area contributed by atoms with Crippen molar-refractivity contribution in [3.05, 3.63) is 77.1 Å². The zero-order valence-electron chi connectivity index (χ0n) is 18.4. The predicted molar refractivity (Wildman–Crippen MR) is 120 cm³/mol. The Morgan fingerprint density at radius 2 is 1.94 bits per heavy atom. The molecular formula is C24H28FN5O3. The van der Waals surface area contributed by atoms with E-state index in [2.05, 4.69) is 31.0 Å². The van der Waals surface area contributed by atoms with Gasteiger partial charge >= 0.3 is 0 Å². The SMILES string of the molecule is O=C(Cc1cccc(F)c1)NCc1nnc2n1CCN(Cc1cccc(OCCO)c1)CC2. The molecule has 0 atom stereocenters. The Bertz CT molecular complexity index is 1090. The van der Waals surface area contributed by atoms with E-state index in [1.54, 1.807) is 12.1 Å². The third-order valence-electron chi connectivity index (χ3n) is 5.56. The average Bonchev–Trinajstić information content (AvgIpc) is 3.09. The van der Waals surface area contributed by atoms with Gasteiger partial charge in [-0.2, -0.15) is 0 Å². The van der Waals surface area contributed by atoms with Crippen molar-refractivity contribution in [1.82, 2.24) is 25.0 Å². The van der Waals surface area contributed by atoms with Crippen LogP contribution in [0.1, 0.15) is 22.8 Å². The molecule has 0 fully saturated rings. The van der Waals surface area contributed by atoms with Gasteiger partial charge in [-0.05, 0) is 35.4 Å². The van der Waals surface area contributed by atoms with Crippen LogP contribution in [0.25, 0.3) is 0 Å². The minimum Gasteiger partial charge on any atom is -0.491 e. The summed E-state index contributed by atoms with van der Waals surface area (Å²) in [5.74, 6) is 1.85. The largest absolute Gasteiger partial charge is 0.491 e. The minimum absolute atomic E-state index is 0.0105. The molecule has 33 heavy (non-hydrogen) atoms. The summed E-state index contributed by atoms with van der Waals surface area (Å²) in [5.41, 5.74) is 1.78. The maximum atomic E-state index is 13.3. The van der Waals surface area contributed by atoms with E-state index in [1.807, 2.05) is 18.2 Å². The maximum Gasteiger partial charge on any atom is 0.224 e. The number of aliphatic hydroxyl groups is 1. The van der Waals surface area contributed by atoms with Gasteiger partial charge in [0.05, 0.1) is 19.6 Å². The van der Waals surface area contributed by atoms with Crippen LogP contribution < -0.4 is 10.1 Å². The fourth-order valence-electron chi connectivity index (χ4n) is 3.94. The van der Waals surface area contributed by atoms with Crippen LogP contribution in [0.5, 0.6) is 5.75 Å². The van der Waals surface area contributed by atoms with Crippen molar-refractivity contribution in [1.29, 1.82) is 0 Å². The molecule has 0 radical (unpaired) electrons. The molecule has 174 valence electrons. The lowest BCUT2D eigenvalue weighted by atomic mass is 10.1. The Morgan fingerprint density at radius 3 is 2.79 bits per heavy atom. The molecule has 0 spiro atoms. The molecule has 1 aliphatic rings. The molecule has 0 bridgehead atoms. The molecule has 2 heterocycles. The lowest BCUT2D eigenvalue weighted by Gasteiger charge is -2.20. The maximum absolute atomic E-state index is 13.3. The molecular weight excluding hydrogens is 425 g/mol. The first-order valence-corrected chi connectivity index (χ1v) is 11.1. The van der Waals surface area contributed by atoms with Crippen molar-refractivity contribution in [3.63, 3.8) is 0 Å². The molecule has 8 nitrogen and oxygen atoms in total. The van der Waals surface area contributed by atoms with Gasteiger partial charge in [-0.3, -0.25) is 9.69 Å². The van der Waals surface area contributed by atoms with Crippen LogP contribution in [0.4, 0.5) is 4.39 Å². The highest BCUT2D eigenvalue weighted by Crippen LogP contribution is 2.17. The van der Waals surface area contributed by atoms with Crippen molar-refractivity contribution in [3.8, 4) is 5.75 Å². The second-order valence-electron chi connectivity index (χ2n) is 8.01. The van der Waals surface area contributed by atoms with E-state index in [4.69, 9.17) is 9.84 Å². The highest BCUT2D eigenvalue weighted by molar-refractivity contribution is 5.78. The van der Waals surface area contributed by atoms with E-state index in [9.17, 15) is 9.18 Å². The van der Waals surface area contributed by atoms with Gasteiger partial charge in [0.2, 0.25) is 5.91 Å². The number of benzene rings is 2. The second-order valence-corrected chi connectivity index (χ2v) is 8.01. The Morgan fingerprint density at radius 1 is 1.09 bits per heavy atom. The summed E-state index contributed by atoms with van der Waals surface area (Å²) < 4.78 is 20.9. The summed E-state index contributed by atoms with van der Waals surface area (Å²) in [5, 5.41) is 20.4. The van der Waals surface area contributed by atoms with Gasteiger partial charge in [-0.1, -0.05) is 24.3 Å². The number of nitrogens with one attached hydrogen (secondary N) is 1. The number of aliphatic hydroxyl groups excluding tert-OH is 1. The van der Waals surface area contributed by atoms with E-state index in [0.717, 1.165) is 55.6 Å². The number of halogens is 1. The topological polar surface area (TPSA) is 92.5 Å². The van der Waals surface area contributed by atoms with E-state index in [1.165, 1.54) is 12.1 Å². The van der Waals surface area contributed by atoms with Crippen molar-refractivity contribution in [2.45, 2.75) is 32.5 Å². The monoisotopic (exact) mass is 453 g/mol. The Balaban J connectivity index is 1.31. The van der Waals surface area contributed by atoms with Gasteiger partial charge in [0.15, 0.2) is 5.82 Å². The van der Waals surface area contributed by atoms with Gasteiger partial charge in [-0.15, -0.1) is 10.2 Å². The van der Waals surface area contributed by atoms with Gasteiger partial charge in [0.25, 0.3) is 0 Å². The third kappa shape index (κ3) is 6.36. The Labute approximate surface area is 192 Å². The zero-order chi connectivity index (χ0) is 23.0. The Hall–Kier alpha value is -3.30. The van der Waals surface area contributed by atoms with Crippen LogP contribution in [0, 0.1) is 5.82 Å². The highest BCUT2D eigenvalue weighted by Gasteiger charge is 2.19. The molecule has 0 saturated carbocycles. The number of carbonyl (C=O) groups excluding carboxylic acids is 1. The summed E-state index contributed by atoms with van der Waals surface area (Å²) >= 11 is 0. The molecule has 9 heteroatoms. The molecule has 1 aromatic heterocycles. The fraction of sp³-hybridized carbons (Fsp3) is 0.375. The van der Waals surface area contributed by atoms with Crippen molar-refractivity contribution in [2.75, 3.05) is 26.3 Å². The second kappa shape index (κ2) is 11.0. The summed E-state index contributed by atoms with van der Waals surface area (Å²) in [6, 6.07) is 14.0. The number of amides is 1. The number of nitrogens with zero attached hydrogens (tertiary/aromatic N) is 4. The first-order chi connectivity index (χ1) is 16.1. The smallest absolute Gasteiger partial charge is 0.224 e. The lowest BCUT2D eigenvalue weighted by Crippen LogP contribution is -2.28. The molecule has 2 N–H and O–H groups in total. The Kier molecular flexibility index (Phi) is 7.64. The highest BCUT2D eigenvalue weighted by atomic mass is 19.1. The van der Waals surface area contributed by atoms with Crippen LogP contribution in [0.2, 0.25) is 0 Å². The van der Waals surface area contributed by atoms with Crippen LogP contribution in [-0.4, -0.2) is 57.0 Å². The van der Waals surface area contributed by atoms with Crippen LogP contribution in [0.15, 0.2) is 48.5 Å². The third-order valence-corrected chi connectivity index (χ3v) is 5.56. The van der Waals surface area contributed by atoms with Crippen LogP contribution in [0.3, 0.4) is 0 Å². The fourth-order valence-corrected chi connectivity index (χ4v) is 3.94. The minimum atomic E-state index is -0.350. The standard InChI is InChI=1S/C24H28FN5O3/c25-20-5-1-3-18(13-20)15-24(32)26-16-23-28-27-22-7-8-29(9-10-30(22)23)17-19-4-2-6-21(14-19)33-12-11-31/h1-6,13-14,31H,7-12,15-17H2,(H,26,32). The van der Waals surface area contributed by atoms with Crippen molar-refractivity contribution in [2.24, 2.45) is 0 Å². The molecule has 0 aliphatic carbocycles. The molecule has 1 amide bonds. The van der Waals surface area contributed by atoms with E-state index >= 15 is 0 Å². The lowest BCUT2D eigenvalue weighted by molar-refractivity contribution is -0.120. The predicted octanol–water partition coefficient (Wildman–Crippen LogP) is 1.71. The molecule has 0 unspecified atom stereocenters. The first-order valence-electron chi connectivity index (χ1n) is 11.1. The number of ether oxygens (including phenoxy) is 1. The average molecular weight is 454 g/mol. The normalized spacial score (nSPS) is 13.9. The van der Waals surface area contributed by atoms with Crippen LogP contribution >= 0.6 is 0 Å². The molecule has 0 saturated heterocycles. The number of fused-ring (bicyclic) bond motifs is 1. The van der Waals surface area contributed by atoms with Gasteiger partial charge in [-0.25, -0.2) is 4.39 Å². The molecule has 3 aromatic rings. The summed E-state index contributed by atoms with van der Waals surface area (Å²) in [4.78, 5) is 14.6. The number of aromatic nitrogens is 3. The van der Waals surface area contributed by atoms with E-state index in [-0.39, 0.29) is 37.9 Å². The zero-order valence-corrected chi connectivity index (χ0v) is 18.4. The number of rotatable bonds is 9. The first kappa shape index (κ1) is 22.9. The van der Waals surface area contributed by atoms with Gasteiger partial charge < -0.3 is 19.7 Å².